The average molecular weight is 226 g/mol. The summed E-state index contributed by atoms with van der Waals surface area (Å²) < 4.78 is 0. The van der Waals surface area contributed by atoms with Crippen LogP contribution < -0.4 is 0 Å². The van der Waals surface area contributed by atoms with Gasteiger partial charge in [0.2, 0.25) is 0 Å². The molecule has 0 N–H and O–H groups in total. The summed E-state index contributed by atoms with van der Waals surface area (Å²) in [5, 5.41) is 8.66. The predicted octanol–water partition coefficient (Wildman–Crippen LogP) is 1.90. The van der Waals surface area contributed by atoms with E-state index in [0.717, 1.165) is 11.1 Å². The first-order chi connectivity index (χ1) is 8.08. The van der Waals surface area contributed by atoms with Crippen LogP contribution in [0.15, 0.2) is 18.2 Å². The molecule has 0 radical (unpaired) electrons. The minimum absolute atomic E-state index is 0.00994. The molecule has 0 bridgehead atoms. The van der Waals surface area contributed by atoms with Crippen LogP contribution in [0.25, 0.3) is 0 Å². The van der Waals surface area contributed by atoms with Crippen molar-refractivity contribution >= 4 is 5.91 Å². The Kier molecular flexibility index (Phi) is 4.31. The minimum Gasteiger partial charge on any atom is -0.314 e. The molecule has 0 atom stereocenters. The van der Waals surface area contributed by atoms with Crippen molar-refractivity contribution in [1.29, 1.82) is 5.26 Å². The van der Waals surface area contributed by atoms with Crippen LogP contribution in [0.5, 0.6) is 0 Å². The summed E-state index contributed by atoms with van der Waals surface area (Å²) in [5.74, 6) is 2.19. The number of nitrogens with zero attached hydrogens (tertiary/aromatic N) is 2. The average Bonchev–Trinajstić information content (AvgIpc) is 2.26. The topological polar surface area (TPSA) is 44.1 Å². The fourth-order valence-corrected chi connectivity index (χ4v) is 1.68. The lowest BCUT2D eigenvalue weighted by Gasteiger charge is -2.17. The highest BCUT2D eigenvalue weighted by atomic mass is 16.2. The smallest absolute Gasteiger partial charge is 0.255 e. The summed E-state index contributed by atoms with van der Waals surface area (Å²) in [6.07, 6.45) is 5.18. The van der Waals surface area contributed by atoms with Crippen LogP contribution in [0.1, 0.15) is 21.5 Å². The van der Waals surface area contributed by atoms with Crippen molar-refractivity contribution in [3.8, 4) is 18.4 Å². The maximum atomic E-state index is 12.1. The third kappa shape index (κ3) is 3.36. The number of benzene rings is 1. The predicted molar refractivity (Wildman–Crippen MR) is 66.3 cm³/mol. The Balaban J connectivity index is 3.02. The van der Waals surface area contributed by atoms with Gasteiger partial charge in [0.15, 0.2) is 0 Å². The summed E-state index contributed by atoms with van der Waals surface area (Å²) in [7, 11) is 0. The molecule has 0 aliphatic carbocycles. The highest BCUT2D eigenvalue weighted by molar-refractivity contribution is 5.94. The van der Waals surface area contributed by atoms with Gasteiger partial charge in [0.05, 0.1) is 12.6 Å². The molecule has 0 aliphatic heterocycles. The highest BCUT2D eigenvalue weighted by Crippen LogP contribution is 2.11. The summed E-state index contributed by atoms with van der Waals surface area (Å²) in [4.78, 5) is 13.5. The third-order valence-corrected chi connectivity index (χ3v) is 2.30. The van der Waals surface area contributed by atoms with Crippen molar-refractivity contribution in [2.45, 2.75) is 13.8 Å². The van der Waals surface area contributed by atoms with Crippen LogP contribution in [0.3, 0.4) is 0 Å². The van der Waals surface area contributed by atoms with Gasteiger partial charge in [0.25, 0.3) is 5.91 Å². The Morgan fingerprint density at radius 3 is 2.35 bits per heavy atom. The molecule has 0 spiro atoms. The molecule has 1 aromatic carbocycles. The maximum absolute atomic E-state index is 12.1. The molecule has 0 fully saturated rings. The molecule has 0 aliphatic rings. The lowest BCUT2D eigenvalue weighted by Crippen LogP contribution is -2.31. The first kappa shape index (κ1) is 12.8. The van der Waals surface area contributed by atoms with Gasteiger partial charge < -0.3 is 4.90 Å². The highest BCUT2D eigenvalue weighted by Gasteiger charge is 2.14. The molecule has 1 rings (SSSR count). The van der Waals surface area contributed by atoms with Crippen LogP contribution >= 0.6 is 0 Å². The van der Waals surface area contributed by atoms with Gasteiger partial charge in [-0.2, -0.15) is 5.26 Å². The Hall–Kier alpha value is -2.26. The number of terminal acetylenes is 1. The summed E-state index contributed by atoms with van der Waals surface area (Å²) in [6.45, 7) is 4.02. The van der Waals surface area contributed by atoms with Crippen molar-refractivity contribution in [2.24, 2.45) is 0 Å². The van der Waals surface area contributed by atoms with Gasteiger partial charge in [-0.25, -0.2) is 0 Å². The van der Waals surface area contributed by atoms with Gasteiger partial charge in [0, 0.05) is 5.56 Å². The van der Waals surface area contributed by atoms with E-state index in [0.29, 0.717) is 5.56 Å². The molecule has 0 saturated heterocycles. The molecule has 17 heavy (non-hydrogen) atoms. The molecule has 0 heterocycles. The Morgan fingerprint density at radius 1 is 1.29 bits per heavy atom. The maximum Gasteiger partial charge on any atom is 0.255 e. The summed E-state index contributed by atoms with van der Waals surface area (Å²) in [5.41, 5.74) is 2.62. The number of hydrogen-bond donors (Lipinski definition) is 0. The quantitative estimate of drug-likeness (QED) is 0.583. The van der Waals surface area contributed by atoms with Crippen LogP contribution in [0, 0.1) is 37.5 Å². The van der Waals surface area contributed by atoms with E-state index in [1.807, 2.05) is 26.0 Å². The number of carbonyl (C=O) groups is 1. The van der Waals surface area contributed by atoms with E-state index in [2.05, 4.69) is 5.92 Å². The first-order valence-corrected chi connectivity index (χ1v) is 5.26. The summed E-state index contributed by atoms with van der Waals surface area (Å²) >= 11 is 0. The zero-order chi connectivity index (χ0) is 12.8. The number of hydrogen-bond acceptors (Lipinski definition) is 2. The van der Waals surface area contributed by atoms with Crippen molar-refractivity contribution in [3.05, 3.63) is 34.9 Å². The lowest BCUT2D eigenvalue weighted by molar-refractivity contribution is 0.0795. The van der Waals surface area contributed by atoms with Gasteiger partial charge in [-0.15, -0.1) is 6.42 Å². The van der Waals surface area contributed by atoms with Gasteiger partial charge in [-0.05, 0) is 26.0 Å². The Morgan fingerprint density at radius 2 is 1.88 bits per heavy atom. The minimum atomic E-state index is -0.198. The SMILES string of the molecule is C#CCN(CC#N)C(=O)c1cc(C)cc(C)c1. The molecule has 0 aromatic heterocycles. The normalized spacial score (nSPS) is 9.18. The van der Waals surface area contributed by atoms with Crippen LogP contribution in [-0.2, 0) is 0 Å². The van der Waals surface area contributed by atoms with Crippen molar-refractivity contribution < 1.29 is 4.79 Å². The van der Waals surface area contributed by atoms with E-state index >= 15 is 0 Å². The van der Waals surface area contributed by atoms with Crippen molar-refractivity contribution in [2.75, 3.05) is 13.1 Å². The number of rotatable bonds is 3. The van der Waals surface area contributed by atoms with Gasteiger partial charge in [-0.1, -0.05) is 23.1 Å². The zero-order valence-electron chi connectivity index (χ0n) is 10.0. The van der Waals surface area contributed by atoms with E-state index in [1.54, 1.807) is 12.1 Å². The van der Waals surface area contributed by atoms with Crippen LogP contribution in [0.2, 0.25) is 0 Å². The summed E-state index contributed by atoms with van der Waals surface area (Å²) in [6, 6.07) is 7.54. The molecule has 1 amide bonds. The van der Waals surface area contributed by atoms with Crippen molar-refractivity contribution in [3.63, 3.8) is 0 Å². The third-order valence-electron chi connectivity index (χ3n) is 2.30. The largest absolute Gasteiger partial charge is 0.314 e. The molecule has 86 valence electrons. The Bertz CT molecular complexity index is 470. The zero-order valence-corrected chi connectivity index (χ0v) is 10.0. The fourth-order valence-electron chi connectivity index (χ4n) is 1.68. The van der Waals surface area contributed by atoms with E-state index in [4.69, 9.17) is 11.7 Å². The first-order valence-electron chi connectivity index (χ1n) is 5.26. The molecule has 0 saturated carbocycles. The number of aryl methyl sites for hydroxylation is 2. The molecule has 0 unspecified atom stereocenters. The van der Waals surface area contributed by atoms with E-state index in [9.17, 15) is 4.79 Å². The van der Waals surface area contributed by atoms with Gasteiger partial charge in [-0.3, -0.25) is 4.79 Å². The van der Waals surface area contributed by atoms with E-state index in [1.165, 1.54) is 4.90 Å². The second-order valence-corrected chi connectivity index (χ2v) is 3.90. The Labute approximate surface area is 102 Å². The lowest BCUT2D eigenvalue weighted by atomic mass is 10.1. The number of carbonyl (C=O) groups excluding carboxylic acids is 1. The van der Waals surface area contributed by atoms with Gasteiger partial charge in [0.1, 0.15) is 6.54 Å². The number of nitriles is 1. The molecular weight excluding hydrogens is 212 g/mol. The fraction of sp³-hybridized carbons (Fsp3) is 0.286. The number of amides is 1. The molecule has 3 nitrogen and oxygen atoms in total. The standard InChI is InChI=1S/C14H14N2O/c1-4-6-16(7-5-15)14(17)13-9-11(2)8-12(3)10-13/h1,8-10H,6-7H2,2-3H3. The monoisotopic (exact) mass is 226 g/mol. The molecule has 1 aromatic rings. The molecule has 3 heteroatoms. The van der Waals surface area contributed by atoms with Gasteiger partial charge >= 0.3 is 0 Å². The molecular formula is C14H14N2O. The van der Waals surface area contributed by atoms with Crippen LogP contribution in [-0.4, -0.2) is 23.9 Å². The van der Waals surface area contributed by atoms with Crippen molar-refractivity contribution in [1.82, 2.24) is 4.90 Å². The van der Waals surface area contributed by atoms with E-state index in [-0.39, 0.29) is 19.0 Å². The van der Waals surface area contributed by atoms with Crippen LogP contribution in [0.4, 0.5) is 0 Å². The second-order valence-electron chi connectivity index (χ2n) is 3.90. The second kappa shape index (κ2) is 5.72. The van der Waals surface area contributed by atoms with E-state index < -0.39 is 0 Å².